The number of thioether (sulfide) groups is 1. The minimum atomic E-state index is 0.0459. The Morgan fingerprint density at radius 3 is 2.94 bits per heavy atom. The molecule has 0 saturated carbocycles. The van der Waals surface area contributed by atoms with Gasteiger partial charge in [0.15, 0.2) is 0 Å². The van der Waals surface area contributed by atoms with Crippen LogP contribution in [0.4, 0.5) is 0 Å². The van der Waals surface area contributed by atoms with Crippen LogP contribution in [0.5, 0.6) is 0 Å². The molecule has 4 nitrogen and oxygen atoms in total. The van der Waals surface area contributed by atoms with Gasteiger partial charge in [0.1, 0.15) is 5.82 Å². The molecule has 0 radical (unpaired) electrons. The molecule has 1 N–H and O–H groups in total. The molecule has 0 spiro atoms. The summed E-state index contributed by atoms with van der Waals surface area (Å²) in [6.45, 7) is 0.477. The number of rotatable bonds is 4. The zero-order valence-electron chi connectivity index (χ0n) is 9.93. The van der Waals surface area contributed by atoms with Gasteiger partial charge in [0.05, 0.1) is 23.3 Å². The van der Waals surface area contributed by atoms with Crippen LogP contribution >= 0.6 is 11.8 Å². The molecule has 0 aliphatic heterocycles. The number of carbonyl (C=O) groups is 1. The molecule has 0 atom stereocenters. The van der Waals surface area contributed by atoms with Gasteiger partial charge in [-0.05, 0) is 18.4 Å². The Bertz CT molecular complexity index is 536. The summed E-state index contributed by atoms with van der Waals surface area (Å²) >= 11 is 1.51. The molecule has 1 aromatic carbocycles. The van der Waals surface area contributed by atoms with Gasteiger partial charge in [0.25, 0.3) is 0 Å². The number of aryl methyl sites for hydroxylation is 1. The standard InChI is InChI=1S/C12H15N3OS/c1-15-10-6-4-3-5-9(10)14-11(15)7-13-12(16)8-17-2/h3-6H,7-8H2,1-2H3,(H,13,16). The predicted octanol–water partition coefficient (Wildman–Crippen LogP) is 1.55. The summed E-state index contributed by atoms with van der Waals surface area (Å²) in [5, 5.41) is 2.86. The number of nitrogens with zero attached hydrogens (tertiary/aromatic N) is 2. The molecule has 2 aromatic rings. The van der Waals surface area contributed by atoms with Crippen LogP contribution in [-0.2, 0) is 18.4 Å². The number of benzene rings is 1. The zero-order chi connectivity index (χ0) is 12.3. The molecule has 1 amide bonds. The van der Waals surface area contributed by atoms with Crippen molar-refractivity contribution < 1.29 is 4.79 Å². The molecule has 17 heavy (non-hydrogen) atoms. The van der Waals surface area contributed by atoms with Crippen LogP contribution in [0.3, 0.4) is 0 Å². The highest BCUT2D eigenvalue weighted by molar-refractivity contribution is 7.99. The van der Waals surface area contributed by atoms with Crippen molar-refractivity contribution in [3.63, 3.8) is 0 Å². The molecule has 1 heterocycles. The van der Waals surface area contributed by atoms with Crippen molar-refractivity contribution in [2.24, 2.45) is 7.05 Å². The minimum Gasteiger partial charge on any atom is -0.348 e. The van der Waals surface area contributed by atoms with Crippen LogP contribution in [0.25, 0.3) is 11.0 Å². The van der Waals surface area contributed by atoms with Crippen LogP contribution in [0, 0.1) is 0 Å². The minimum absolute atomic E-state index is 0.0459. The summed E-state index contributed by atoms with van der Waals surface area (Å²) in [5.74, 6) is 1.41. The van der Waals surface area contributed by atoms with E-state index in [2.05, 4.69) is 10.3 Å². The normalized spacial score (nSPS) is 10.7. The molecular formula is C12H15N3OS. The summed E-state index contributed by atoms with van der Waals surface area (Å²) in [5.41, 5.74) is 2.05. The largest absolute Gasteiger partial charge is 0.348 e. The predicted molar refractivity (Wildman–Crippen MR) is 70.9 cm³/mol. The van der Waals surface area contributed by atoms with Gasteiger partial charge in [-0.25, -0.2) is 4.98 Å². The number of amides is 1. The quantitative estimate of drug-likeness (QED) is 0.894. The van der Waals surface area contributed by atoms with Crippen molar-refractivity contribution in [3.05, 3.63) is 30.1 Å². The lowest BCUT2D eigenvalue weighted by Crippen LogP contribution is -2.25. The van der Waals surface area contributed by atoms with Gasteiger partial charge in [-0.1, -0.05) is 12.1 Å². The zero-order valence-corrected chi connectivity index (χ0v) is 10.8. The molecule has 5 heteroatoms. The van der Waals surface area contributed by atoms with Gasteiger partial charge in [-0.2, -0.15) is 11.8 Å². The second-order valence-electron chi connectivity index (χ2n) is 3.79. The summed E-state index contributed by atoms with van der Waals surface area (Å²) in [4.78, 5) is 15.9. The Morgan fingerprint density at radius 2 is 2.24 bits per heavy atom. The molecule has 2 rings (SSSR count). The lowest BCUT2D eigenvalue weighted by Gasteiger charge is -2.04. The first-order chi connectivity index (χ1) is 8.22. The SMILES string of the molecule is CSCC(=O)NCc1nc2ccccc2n1C. The Morgan fingerprint density at radius 1 is 1.47 bits per heavy atom. The second kappa shape index (κ2) is 5.23. The van der Waals surface area contributed by atoms with Crippen LogP contribution in [0.1, 0.15) is 5.82 Å². The topological polar surface area (TPSA) is 46.9 Å². The number of nitrogens with one attached hydrogen (secondary N) is 1. The molecule has 0 aliphatic carbocycles. The Kier molecular flexibility index (Phi) is 3.68. The lowest BCUT2D eigenvalue weighted by molar-refractivity contribution is -0.118. The molecule has 0 aliphatic rings. The fraction of sp³-hybridized carbons (Fsp3) is 0.333. The average molecular weight is 249 g/mol. The van der Waals surface area contributed by atoms with E-state index in [-0.39, 0.29) is 5.91 Å². The van der Waals surface area contributed by atoms with Gasteiger partial charge in [0.2, 0.25) is 5.91 Å². The number of aromatic nitrogens is 2. The van der Waals surface area contributed by atoms with Crippen LogP contribution in [0.2, 0.25) is 0 Å². The van der Waals surface area contributed by atoms with Crippen molar-refractivity contribution in [3.8, 4) is 0 Å². The van der Waals surface area contributed by atoms with E-state index >= 15 is 0 Å². The monoisotopic (exact) mass is 249 g/mol. The van der Waals surface area contributed by atoms with Crippen molar-refractivity contribution in [2.75, 3.05) is 12.0 Å². The van der Waals surface area contributed by atoms with E-state index in [0.29, 0.717) is 12.3 Å². The molecular weight excluding hydrogens is 234 g/mol. The number of imidazole rings is 1. The maximum atomic E-state index is 11.4. The number of hydrogen-bond acceptors (Lipinski definition) is 3. The van der Waals surface area contributed by atoms with E-state index in [1.165, 1.54) is 11.8 Å². The van der Waals surface area contributed by atoms with Crippen LogP contribution < -0.4 is 5.32 Å². The molecule has 1 aromatic heterocycles. The van der Waals surface area contributed by atoms with Gasteiger partial charge >= 0.3 is 0 Å². The second-order valence-corrected chi connectivity index (χ2v) is 4.65. The van der Waals surface area contributed by atoms with Gasteiger partial charge in [0, 0.05) is 7.05 Å². The number of hydrogen-bond donors (Lipinski definition) is 1. The van der Waals surface area contributed by atoms with E-state index < -0.39 is 0 Å². The van der Waals surface area contributed by atoms with E-state index in [1.54, 1.807) is 0 Å². The Balaban J connectivity index is 2.14. The third kappa shape index (κ3) is 2.61. The first-order valence-electron chi connectivity index (χ1n) is 5.38. The number of para-hydroxylation sites is 2. The highest BCUT2D eigenvalue weighted by atomic mass is 32.2. The fourth-order valence-electron chi connectivity index (χ4n) is 1.71. The lowest BCUT2D eigenvalue weighted by atomic mass is 10.3. The van der Waals surface area contributed by atoms with Crippen molar-refractivity contribution in [1.29, 1.82) is 0 Å². The summed E-state index contributed by atoms with van der Waals surface area (Å²) in [7, 11) is 1.96. The molecule has 0 fully saturated rings. The van der Waals surface area contributed by atoms with E-state index in [9.17, 15) is 4.79 Å². The average Bonchev–Trinajstić information content (AvgIpc) is 2.65. The van der Waals surface area contributed by atoms with Crippen molar-refractivity contribution in [2.45, 2.75) is 6.54 Å². The summed E-state index contributed by atoms with van der Waals surface area (Å²) in [6.07, 6.45) is 1.91. The fourth-order valence-corrected chi connectivity index (χ4v) is 2.08. The third-order valence-electron chi connectivity index (χ3n) is 2.60. The van der Waals surface area contributed by atoms with Gasteiger partial charge in [-0.15, -0.1) is 0 Å². The van der Waals surface area contributed by atoms with E-state index in [1.807, 2.05) is 42.1 Å². The first kappa shape index (κ1) is 12.0. The van der Waals surface area contributed by atoms with Crippen LogP contribution in [0.15, 0.2) is 24.3 Å². The smallest absolute Gasteiger partial charge is 0.230 e. The first-order valence-corrected chi connectivity index (χ1v) is 6.77. The number of fused-ring (bicyclic) bond motifs is 1. The Hall–Kier alpha value is -1.49. The molecule has 0 bridgehead atoms. The molecule has 0 unspecified atom stereocenters. The third-order valence-corrected chi connectivity index (χ3v) is 3.15. The Labute approximate surface area is 104 Å². The highest BCUT2D eigenvalue weighted by Gasteiger charge is 2.07. The van der Waals surface area contributed by atoms with Crippen molar-refractivity contribution in [1.82, 2.24) is 14.9 Å². The number of carbonyl (C=O) groups excluding carboxylic acids is 1. The molecule has 90 valence electrons. The maximum Gasteiger partial charge on any atom is 0.230 e. The van der Waals surface area contributed by atoms with E-state index in [0.717, 1.165) is 16.9 Å². The van der Waals surface area contributed by atoms with E-state index in [4.69, 9.17) is 0 Å². The van der Waals surface area contributed by atoms with Crippen molar-refractivity contribution >= 4 is 28.7 Å². The summed E-state index contributed by atoms with van der Waals surface area (Å²) in [6, 6.07) is 7.95. The summed E-state index contributed by atoms with van der Waals surface area (Å²) < 4.78 is 2.01. The molecule has 0 saturated heterocycles. The van der Waals surface area contributed by atoms with Gasteiger partial charge in [-0.3, -0.25) is 4.79 Å². The maximum absolute atomic E-state index is 11.4. The highest BCUT2D eigenvalue weighted by Crippen LogP contribution is 2.13. The van der Waals surface area contributed by atoms with Crippen LogP contribution in [-0.4, -0.2) is 27.5 Å². The van der Waals surface area contributed by atoms with Gasteiger partial charge < -0.3 is 9.88 Å².